The molecule has 0 bridgehead atoms. The van der Waals surface area contributed by atoms with E-state index in [0.717, 1.165) is 36.1 Å². The number of esters is 1. The van der Waals surface area contributed by atoms with Crippen LogP contribution in [0, 0.1) is 11.7 Å². The van der Waals surface area contributed by atoms with Crippen molar-refractivity contribution in [2.24, 2.45) is 5.92 Å². The molecule has 2 aromatic rings. The Morgan fingerprint density at radius 1 is 1.16 bits per heavy atom. The summed E-state index contributed by atoms with van der Waals surface area (Å²) < 4.78 is 19.9. The van der Waals surface area contributed by atoms with Crippen LogP contribution in [0.3, 0.4) is 0 Å². The summed E-state index contributed by atoms with van der Waals surface area (Å²) in [5.41, 5.74) is 3.32. The fourth-order valence-corrected chi connectivity index (χ4v) is 5.08. The summed E-state index contributed by atoms with van der Waals surface area (Å²) in [6.45, 7) is 2.15. The van der Waals surface area contributed by atoms with Gasteiger partial charge in [0, 0.05) is 23.6 Å². The molecule has 1 unspecified atom stereocenters. The minimum atomic E-state index is -0.236. The first-order valence-electron chi connectivity index (χ1n) is 12.2. The zero-order valence-corrected chi connectivity index (χ0v) is 19.0. The fraction of sp³-hybridized carbons (Fsp3) is 0.556. The highest BCUT2D eigenvalue weighted by Crippen LogP contribution is 2.40. The van der Waals surface area contributed by atoms with Crippen LogP contribution >= 0.6 is 0 Å². The van der Waals surface area contributed by atoms with E-state index < -0.39 is 0 Å². The molecule has 1 aromatic heterocycles. The van der Waals surface area contributed by atoms with Crippen molar-refractivity contribution in [3.8, 4) is 0 Å². The topological polar surface area (TPSA) is 59.2 Å². The van der Waals surface area contributed by atoms with Crippen molar-refractivity contribution in [1.29, 1.82) is 0 Å². The monoisotopic (exact) mass is 439 g/mol. The van der Waals surface area contributed by atoms with Crippen LogP contribution in [0.5, 0.6) is 0 Å². The van der Waals surface area contributed by atoms with E-state index in [-0.39, 0.29) is 23.3 Å². The lowest BCUT2D eigenvalue weighted by Crippen LogP contribution is -2.17. The van der Waals surface area contributed by atoms with E-state index in [1.807, 2.05) is 24.3 Å². The number of carbonyl (C=O) groups excluding carboxylic acids is 1. The van der Waals surface area contributed by atoms with E-state index in [0.29, 0.717) is 43.3 Å². The number of hydrogen-bond acceptors (Lipinski definition) is 3. The summed E-state index contributed by atoms with van der Waals surface area (Å²) in [7, 11) is 0. The number of nitrogens with one attached hydrogen (secondary N) is 1. The van der Waals surface area contributed by atoms with Crippen LogP contribution in [0.4, 0.5) is 4.39 Å². The third kappa shape index (κ3) is 5.67. The Labute approximate surface area is 189 Å². The number of aromatic amines is 1. The maximum absolute atomic E-state index is 15.0. The summed E-state index contributed by atoms with van der Waals surface area (Å²) in [6, 6.07) is 9.49. The molecular weight excluding hydrogens is 405 g/mol. The summed E-state index contributed by atoms with van der Waals surface area (Å²) >= 11 is 0. The Bertz CT molecular complexity index is 989. The lowest BCUT2D eigenvalue weighted by Gasteiger charge is -2.22. The maximum atomic E-state index is 15.0. The predicted octanol–water partition coefficient (Wildman–Crippen LogP) is 5.99. The van der Waals surface area contributed by atoms with Gasteiger partial charge in [-0.1, -0.05) is 43.9 Å². The normalized spacial score (nSPS) is 17.4. The number of H-pyrrole nitrogens is 1. The van der Waals surface area contributed by atoms with Gasteiger partial charge >= 0.3 is 5.97 Å². The molecule has 4 rings (SSSR count). The molecule has 4 nitrogen and oxygen atoms in total. The van der Waals surface area contributed by atoms with Gasteiger partial charge in [-0.3, -0.25) is 9.59 Å². The first-order valence-corrected chi connectivity index (χ1v) is 12.2. The first kappa shape index (κ1) is 22.8. The zero-order chi connectivity index (χ0) is 22.5. The fourth-order valence-electron chi connectivity index (χ4n) is 5.08. The maximum Gasteiger partial charge on any atom is 0.305 e. The van der Waals surface area contributed by atoms with E-state index in [1.54, 1.807) is 13.0 Å². The summed E-state index contributed by atoms with van der Waals surface area (Å²) in [5, 5.41) is 0. The van der Waals surface area contributed by atoms with Crippen molar-refractivity contribution in [3.05, 3.63) is 68.9 Å². The van der Waals surface area contributed by atoms with E-state index in [4.69, 9.17) is 4.74 Å². The molecule has 1 heterocycles. The second-order valence-electron chi connectivity index (χ2n) is 9.42. The lowest BCUT2D eigenvalue weighted by molar-refractivity contribution is -0.143. The quantitative estimate of drug-likeness (QED) is 0.463. The van der Waals surface area contributed by atoms with Gasteiger partial charge in [-0.25, -0.2) is 4.39 Å². The van der Waals surface area contributed by atoms with Crippen LogP contribution in [0.25, 0.3) is 0 Å². The molecule has 0 amide bonds. The summed E-state index contributed by atoms with van der Waals surface area (Å²) in [5.74, 6) is 0.535. The molecule has 1 N–H and O–H groups in total. The van der Waals surface area contributed by atoms with Gasteiger partial charge in [0.15, 0.2) is 0 Å². The van der Waals surface area contributed by atoms with Gasteiger partial charge in [0.1, 0.15) is 5.82 Å². The second-order valence-corrected chi connectivity index (χ2v) is 9.42. The van der Waals surface area contributed by atoms with Gasteiger partial charge in [-0.15, -0.1) is 0 Å². The number of pyridine rings is 1. The molecule has 172 valence electrons. The van der Waals surface area contributed by atoms with Crippen LogP contribution < -0.4 is 5.56 Å². The number of aromatic nitrogens is 1. The number of halogens is 1. The molecular formula is C27H34FNO3. The molecule has 2 aliphatic carbocycles. The van der Waals surface area contributed by atoms with Crippen LogP contribution in [0.2, 0.25) is 0 Å². The van der Waals surface area contributed by atoms with Crippen molar-refractivity contribution >= 4 is 5.97 Å². The minimum Gasteiger partial charge on any atom is -0.466 e. The highest BCUT2D eigenvalue weighted by Gasteiger charge is 2.28. The van der Waals surface area contributed by atoms with Crippen molar-refractivity contribution < 1.29 is 13.9 Å². The van der Waals surface area contributed by atoms with Gasteiger partial charge in [0.25, 0.3) is 5.56 Å². The number of aryl methyl sites for hydroxylation is 1. The smallest absolute Gasteiger partial charge is 0.305 e. The molecule has 0 aliphatic heterocycles. The Morgan fingerprint density at radius 3 is 2.59 bits per heavy atom. The largest absolute Gasteiger partial charge is 0.466 e. The first-order chi connectivity index (χ1) is 15.5. The predicted molar refractivity (Wildman–Crippen MR) is 123 cm³/mol. The van der Waals surface area contributed by atoms with E-state index in [2.05, 4.69) is 4.98 Å². The molecule has 32 heavy (non-hydrogen) atoms. The molecule has 0 spiro atoms. The number of rotatable bonds is 10. The Balaban J connectivity index is 1.52. The van der Waals surface area contributed by atoms with Crippen molar-refractivity contribution in [2.75, 3.05) is 6.61 Å². The van der Waals surface area contributed by atoms with Gasteiger partial charge in [-0.05, 0) is 74.1 Å². The molecule has 2 aliphatic rings. The van der Waals surface area contributed by atoms with E-state index in [1.165, 1.54) is 25.7 Å². The molecule has 2 saturated carbocycles. The Morgan fingerprint density at radius 2 is 1.94 bits per heavy atom. The third-order valence-electron chi connectivity index (χ3n) is 7.01. The second kappa shape index (κ2) is 10.5. The van der Waals surface area contributed by atoms with Crippen molar-refractivity contribution in [1.82, 2.24) is 4.98 Å². The molecule has 2 fully saturated rings. The average molecular weight is 440 g/mol. The SMILES string of the molecule is CCOC(=O)CCCc1ccc(C(CC2CCCC2)c2ccc(C3CC3)c(=O)[nH]2)cc1F. The molecule has 5 heteroatoms. The zero-order valence-electron chi connectivity index (χ0n) is 19.0. The van der Waals surface area contributed by atoms with Crippen molar-refractivity contribution in [2.45, 2.75) is 83.0 Å². The van der Waals surface area contributed by atoms with E-state index >= 15 is 0 Å². The van der Waals surface area contributed by atoms with Crippen LogP contribution in [-0.4, -0.2) is 17.6 Å². The van der Waals surface area contributed by atoms with Crippen LogP contribution in [-0.2, 0) is 16.0 Å². The van der Waals surface area contributed by atoms with Gasteiger partial charge < -0.3 is 9.72 Å². The average Bonchev–Trinajstić information content (AvgIpc) is 3.48. The third-order valence-corrected chi connectivity index (χ3v) is 7.01. The minimum absolute atomic E-state index is 0.0116. The highest BCUT2D eigenvalue weighted by molar-refractivity contribution is 5.69. The van der Waals surface area contributed by atoms with Crippen LogP contribution in [0.15, 0.2) is 35.1 Å². The molecule has 1 aromatic carbocycles. The summed E-state index contributed by atoms with van der Waals surface area (Å²) in [4.78, 5) is 27.3. The van der Waals surface area contributed by atoms with E-state index in [9.17, 15) is 14.0 Å². The van der Waals surface area contributed by atoms with Crippen molar-refractivity contribution in [3.63, 3.8) is 0 Å². The van der Waals surface area contributed by atoms with Crippen LogP contribution in [0.1, 0.15) is 98.9 Å². The van der Waals surface area contributed by atoms with Gasteiger partial charge in [-0.2, -0.15) is 0 Å². The highest BCUT2D eigenvalue weighted by atomic mass is 19.1. The number of ether oxygens (including phenoxy) is 1. The molecule has 0 radical (unpaired) electrons. The standard InChI is InChI=1S/C27H34FNO3/c1-2-32-26(30)9-5-8-20-12-13-21(17-24(20)28)23(16-18-6-3-4-7-18)25-15-14-22(19-10-11-19)27(31)29-25/h12-15,17-19,23H,2-11,16H2,1H3,(H,29,31). The number of hydrogen-bond donors (Lipinski definition) is 1. The van der Waals surface area contributed by atoms with Gasteiger partial charge in [0.05, 0.1) is 6.61 Å². The summed E-state index contributed by atoms with van der Waals surface area (Å²) in [6.07, 6.45) is 9.40. The number of carbonyl (C=O) groups is 1. The van der Waals surface area contributed by atoms with Gasteiger partial charge in [0.2, 0.25) is 0 Å². The lowest BCUT2D eigenvalue weighted by atomic mass is 9.84. The Hall–Kier alpha value is -2.43. The molecule has 1 atom stereocenters. The Kier molecular flexibility index (Phi) is 7.44. The number of benzene rings is 1. The molecule has 0 saturated heterocycles.